The first kappa shape index (κ1) is 20.2. The van der Waals surface area contributed by atoms with Crippen LogP contribution in [0.5, 0.6) is 0 Å². The lowest BCUT2D eigenvalue weighted by molar-refractivity contribution is -0.346. The number of nitrogens with one attached hydrogen (secondary N) is 5. The monoisotopic (exact) mass is 408 g/mol. The molecule has 0 unspecified atom stereocenters. The number of carbonyl (C=O) groups excluding carboxylic acids is 1. The standard InChI is InChI=1S/C22H29N7O/c1-29(2)14-4-12-24-21(30)15-7-9-17(10-8-15)26-22-27-19-18(11-13-23-19)20(28-22)25-16-5-3-6-16/h7-11,13,16H,3-6,12,14H2,1-2H3,(H,24,30)(H3,23,25,26,27,28)/p+1. The van der Waals surface area contributed by atoms with E-state index < -0.39 is 0 Å². The number of amides is 1. The SMILES string of the molecule is CN(C)CCCNC(=O)c1ccc(Nc2nc3[nH]ccc3c(NC3CCC3)[nH+]2)cc1. The molecule has 0 aliphatic heterocycles. The largest absolute Gasteiger partial charge is 0.352 e. The van der Waals surface area contributed by atoms with E-state index in [0.717, 1.165) is 35.5 Å². The molecule has 1 amide bonds. The van der Waals surface area contributed by atoms with Crippen molar-refractivity contribution >= 4 is 34.4 Å². The summed E-state index contributed by atoms with van der Waals surface area (Å²) in [6.45, 7) is 1.62. The Morgan fingerprint density at radius 2 is 2.03 bits per heavy atom. The fraction of sp³-hybridized carbons (Fsp3) is 0.409. The van der Waals surface area contributed by atoms with E-state index in [1.165, 1.54) is 19.3 Å². The Hall–Kier alpha value is -3.13. The van der Waals surface area contributed by atoms with Crippen LogP contribution in [-0.4, -0.2) is 54.0 Å². The van der Waals surface area contributed by atoms with Crippen molar-refractivity contribution in [2.24, 2.45) is 0 Å². The molecule has 0 spiro atoms. The zero-order valence-corrected chi connectivity index (χ0v) is 17.6. The van der Waals surface area contributed by atoms with Crippen LogP contribution in [0.1, 0.15) is 36.0 Å². The average molecular weight is 409 g/mol. The number of hydrogen-bond acceptors (Lipinski definition) is 5. The first-order valence-corrected chi connectivity index (χ1v) is 10.6. The summed E-state index contributed by atoms with van der Waals surface area (Å²) < 4.78 is 0. The van der Waals surface area contributed by atoms with Gasteiger partial charge in [0.15, 0.2) is 0 Å². The molecule has 0 radical (unpaired) electrons. The molecule has 30 heavy (non-hydrogen) atoms. The first-order valence-electron chi connectivity index (χ1n) is 10.6. The van der Waals surface area contributed by atoms with Crippen LogP contribution in [0.25, 0.3) is 11.0 Å². The summed E-state index contributed by atoms with van der Waals surface area (Å²) in [5.74, 6) is 1.57. The average Bonchev–Trinajstić information content (AvgIpc) is 3.17. The normalized spacial score (nSPS) is 14.0. The number of aromatic nitrogens is 3. The van der Waals surface area contributed by atoms with Gasteiger partial charge in [-0.25, -0.2) is 4.98 Å². The van der Waals surface area contributed by atoms with Crippen LogP contribution in [0.4, 0.5) is 17.5 Å². The number of anilines is 3. The van der Waals surface area contributed by atoms with Gasteiger partial charge < -0.3 is 20.5 Å². The Morgan fingerprint density at radius 3 is 2.73 bits per heavy atom. The van der Waals surface area contributed by atoms with Crippen molar-refractivity contribution in [3.63, 3.8) is 0 Å². The van der Waals surface area contributed by atoms with Gasteiger partial charge in [-0.15, -0.1) is 0 Å². The van der Waals surface area contributed by atoms with E-state index in [4.69, 9.17) is 0 Å². The summed E-state index contributed by atoms with van der Waals surface area (Å²) in [5.41, 5.74) is 2.34. The lowest BCUT2D eigenvalue weighted by Crippen LogP contribution is -2.31. The second-order valence-electron chi connectivity index (χ2n) is 8.09. The van der Waals surface area contributed by atoms with Gasteiger partial charge in [-0.3, -0.25) is 10.1 Å². The molecule has 2 heterocycles. The summed E-state index contributed by atoms with van der Waals surface area (Å²) in [5, 5.41) is 10.9. The van der Waals surface area contributed by atoms with Crippen molar-refractivity contribution in [2.45, 2.75) is 31.7 Å². The molecule has 1 saturated carbocycles. The summed E-state index contributed by atoms with van der Waals surface area (Å²) in [6, 6.07) is 9.97. The zero-order valence-electron chi connectivity index (χ0n) is 17.6. The molecule has 1 aromatic carbocycles. The molecule has 158 valence electrons. The molecule has 0 saturated heterocycles. The van der Waals surface area contributed by atoms with Crippen molar-refractivity contribution in [2.75, 3.05) is 37.8 Å². The fourth-order valence-corrected chi connectivity index (χ4v) is 3.45. The number of benzene rings is 1. The van der Waals surface area contributed by atoms with Gasteiger partial charge in [-0.2, -0.15) is 0 Å². The van der Waals surface area contributed by atoms with Crippen molar-refractivity contribution in [1.29, 1.82) is 0 Å². The van der Waals surface area contributed by atoms with Crippen molar-refractivity contribution in [3.05, 3.63) is 42.1 Å². The van der Waals surface area contributed by atoms with Gasteiger partial charge in [0, 0.05) is 18.3 Å². The molecule has 0 atom stereocenters. The van der Waals surface area contributed by atoms with Crippen LogP contribution in [0.15, 0.2) is 36.5 Å². The second-order valence-corrected chi connectivity index (χ2v) is 8.09. The van der Waals surface area contributed by atoms with Crippen LogP contribution in [0, 0.1) is 0 Å². The van der Waals surface area contributed by atoms with Gasteiger partial charge in [-0.05, 0) is 76.7 Å². The Kier molecular flexibility index (Phi) is 6.13. The van der Waals surface area contributed by atoms with Gasteiger partial charge in [-0.1, -0.05) is 4.98 Å². The van der Waals surface area contributed by atoms with Crippen LogP contribution in [0.2, 0.25) is 0 Å². The highest BCUT2D eigenvalue weighted by Gasteiger charge is 2.22. The molecule has 8 heteroatoms. The molecule has 5 N–H and O–H groups in total. The lowest BCUT2D eigenvalue weighted by atomic mass is 9.93. The van der Waals surface area contributed by atoms with E-state index in [1.807, 2.05) is 50.6 Å². The maximum atomic E-state index is 12.3. The maximum absolute atomic E-state index is 12.3. The lowest BCUT2D eigenvalue weighted by Gasteiger charge is -2.24. The molecular formula is C22H30N7O+. The van der Waals surface area contributed by atoms with Crippen LogP contribution < -0.4 is 20.9 Å². The minimum atomic E-state index is -0.0511. The Labute approximate surface area is 176 Å². The number of H-pyrrole nitrogens is 2. The number of hydrogen-bond donors (Lipinski definition) is 4. The molecule has 1 fully saturated rings. The number of rotatable bonds is 9. The molecule has 3 aromatic rings. The third kappa shape index (κ3) is 4.88. The van der Waals surface area contributed by atoms with Crippen molar-refractivity contribution in [1.82, 2.24) is 20.2 Å². The Balaban J connectivity index is 1.40. The predicted molar refractivity (Wildman–Crippen MR) is 119 cm³/mol. The van der Waals surface area contributed by atoms with E-state index in [9.17, 15) is 4.79 Å². The highest BCUT2D eigenvalue weighted by Crippen LogP contribution is 2.26. The van der Waals surface area contributed by atoms with Crippen molar-refractivity contribution < 1.29 is 9.78 Å². The molecule has 0 bridgehead atoms. The topological polar surface area (TPSA) is 99.2 Å². The molecule has 1 aliphatic carbocycles. The summed E-state index contributed by atoms with van der Waals surface area (Å²) in [6.07, 6.45) is 6.50. The van der Waals surface area contributed by atoms with Gasteiger partial charge in [0.2, 0.25) is 11.5 Å². The minimum absolute atomic E-state index is 0.0511. The van der Waals surface area contributed by atoms with E-state index in [-0.39, 0.29) is 5.91 Å². The predicted octanol–water partition coefficient (Wildman–Crippen LogP) is 2.77. The van der Waals surface area contributed by atoms with Gasteiger partial charge in [0.1, 0.15) is 0 Å². The highest BCUT2D eigenvalue weighted by atomic mass is 16.1. The number of nitrogens with zero attached hydrogens (tertiary/aromatic N) is 2. The molecule has 2 aromatic heterocycles. The fourth-order valence-electron chi connectivity index (χ4n) is 3.45. The van der Waals surface area contributed by atoms with Crippen LogP contribution >= 0.6 is 0 Å². The van der Waals surface area contributed by atoms with Crippen LogP contribution in [-0.2, 0) is 0 Å². The van der Waals surface area contributed by atoms with Gasteiger partial charge in [0.25, 0.3) is 5.91 Å². The zero-order chi connectivity index (χ0) is 20.9. The van der Waals surface area contributed by atoms with Crippen molar-refractivity contribution in [3.8, 4) is 0 Å². The quantitative estimate of drug-likeness (QED) is 0.408. The maximum Gasteiger partial charge on any atom is 0.351 e. The highest BCUT2D eigenvalue weighted by molar-refractivity contribution is 5.94. The third-order valence-electron chi connectivity index (χ3n) is 5.39. The summed E-state index contributed by atoms with van der Waals surface area (Å²) >= 11 is 0. The Bertz CT molecular complexity index is 992. The number of fused-ring (bicyclic) bond motifs is 1. The molecule has 4 rings (SSSR count). The van der Waals surface area contributed by atoms with E-state index in [2.05, 4.69) is 35.8 Å². The number of aromatic amines is 2. The molecular weight excluding hydrogens is 378 g/mol. The van der Waals surface area contributed by atoms with Gasteiger partial charge >= 0.3 is 5.95 Å². The number of carbonyl (C=O) groups is 1. The van der Waals surface area contributed by atoms with Gasteiger partial charge in [0.05, 0.1) is 17.1 Å². The second kappa shape index (κ2) is 9.13. The van der Waals surface area contributed by atoms with E-state index >= 15 is 0 Å². The molecule has 1 aliphatic rings. The minimum Gasteiger partial charge on any atom is -0.352 e. The van der Waals surface area contributed by atoms with E-state index in [1.54, 1.807) is 0 Å². The Morgan fingerprint density at radius 1 is 1.23 bits per heavy atom. The first-order chi connectivity index (χ1) is 14.6. The van der Waals surface area contributed by atoms with Crippen LogP contribution in [0.3, 0.4) is 0 Å². The summed E-state index contributed by atoms with van der Waals surface area (Å²) in [7, 11) is 4.06. The van der Waals surface area contributed by atoms with E-state index in [0.29, 0.717) is 24.1 Å². The molecule has 8 nitrogen and oxygen atoms in total. The third-order valence-corrected chi connectivity index (χ3v) is 5.39. The summed E-state index contributed by atoms with van der Waals surface area (Å²) in [4.78, 5) is 25.6. The smallest absolute Gasteiger partial charge is 0.351 e.